The number of carbonyl (C=O) groups excluding carboxylic acids is 1. The first-order chi connectivity index (χ1) is 6.33. The quantitative estimate of drug-likeness (QED) is 0.465. The fourth-order valence-electron chi connectivity index (χ4n) is 1.70. The van der Waals surface area contributed by atoms with Gasteiger partial charge in [0, 0.05) is 6.42 Å². The fraction of sp³-hybridized carbons (Fsp3) is 0.583. The van der Waals surface area contributed by atoms with Crippen molar-refractivity contribution in [2.24, 2.45) is 0 Å². The molecule has 0 amide bonds. The molecule has 0 aromatic rings. The minimum absolute atomic E-state index is 0.324. The second-order valence-corrected chi connectivity index (χ2v) is 3.66. The van der Waals surface area contributed by atoms with E-state index in [1.54, 1.807) is 0 Å². The Kier molecular flexibility index (Phi) is 4.52. The van der Waals surface area contributed by atoms with Crippen molar-refractivity contribution in [2.45, 2.75) is 44.9 Å². The zero-order chi connectivity index (χ0) is 9.52. The lowest BCUT2D eigenvalue weighted by Gasteiger charge is -2.11. The topological polar surface area (TPSA) is 17.1 Å². The van der Waals surface area contributed by atoms with Gasteiger partial charge >= 0.3 is 0 Å². The average molecular weight is 178 g/mol. The molecule has 0 saturated carbocycles. The van der Waals surface area contributed by atoms with E-state index in [-0.39, 0.29) is 0 Å². The van der Waals surface area contributed by atoms with Crippen LogP contribution in [0.25, 0.3) is 0 Å². The monoisotopic (exact) mass is 178 g/mol. The third-order valence-corrected chi connectivity index (χ3v) is 2.44. The van der Waals surface area contributed by atoms with Crippen molar-refractivity contribution in [1.29, 1.82) is 0 Å². The van der Waals surface area contributed by atoms with Crippen LogP contribution in [0.5, 0.6) is 0 Å². The Morgan fingerprint density at radius 3 is 2.92 bits per heavy atom. The van der Waals surface area contributed by atoms with Crippen LogP contribution in [-0.2, 0) is 4.79 Å². The zero-order valence-electron chi connectivity index (χ0n) is 8.22. The highest BCUT2D eigenvalue weighted by atomic mass is 16.1. The first kappa shape index (κ1) is 10.2. The minimum Gasteiger partial charge on any atom is -0.295 e. The largest absolute Gasteiger partial charge is 0.295 e. The maximum Gasteiger partial charge on any atom is 0.155 e. The van der Waals surface area contributed by atoms with Crippen LogP contribution in [0.3, 0.4) is 0 Å². The number of rotatable bonds is 5. The molecule has 0 N–H and O–H groups in total. The molecule has 0 bridgehead atoms. The van der Waals surface area contributed by atoms with Gasteiger partial charge in [0.25, 0.3) is 0 Å². The molecule has 0 fully saturated rings. The predicted molar refractivity (Wildman–Crippen MR) is 55.6 cm³/mol. The van der Waals surface area contributed by atoms with Crippen molar-refractivity contribution in [2.75, 3.05) is 0 Å². The summed E-state index contributed by atoms with van der Waals surface area (Å²) in [5.74, 6) is 0.324. The third kappa shape index (κ3) is 4.07. The van der Waals surface area contributed by atoms with Gasteiger partial charge in [-0.25, -0.2) is 0 Å². The van der Waals surface area contributed by atoms with Crippen LogP contribution in [0, 0.1) is 0 Å². The van der Waals surface area contributed by atoms with Crippen LogP contribution in [0.4, 0.5) is 0 Å². The Bertz CT molecular complexity index is 213. The van der Waals surface area contributed by atoms with E-state index >= 15 is 0 Å². The molecule has 0 aromatic carbocycles. The summed E-state index contributed by atoms with van der Waals surface area (Å²) in [7, 11) is 0. The maximum absolute atomic E-state index is 11.1. The zero-order valence-corrected chi connectivity index (χ0v) is 8.22. The fourth-order valence-corrected chi connectivity index (χ4v) is 1.70. The van der Waals surface area contributed by atoms with Crippen molar-refractivity contribution >= 4 is 5.78 Å². The van der Waals surface area contributed by atoms with Crippen molar-refractivity contribution in [3.63, 3.8) is 0 Å². The van der Waals surface area contributed by atoms with Gasteiger partial charge in [-0.15, -0.1) is 6.58 Å². The number of hydrogen-bond donors (Lipinski definition) is 0. The summed E-state index contributed by atoms with van der Waals surface area (Å²) >= 11 is 0. The summed E-state index contributed by atoms with van der Waals surface area (Å²) in [5.41, 5.74) is 1.36. The third-order valence-electron chi connectivity index (χ3n) is 2.44. The van der Waals surface area contributed by atoms with Gasteiger partial charge in [-0.05, 0) is 44.6 Å². The standard InChI is InChI=1S/C12H18O/c1-2-3-4-5-7-11-8-6-9-12(13)10-11/h2,10H,1,3-9H2. The van der Waals surface area contributed by atoms with Crippen LogP contribution in [-0.4, -0.2) is 5.78 Å². The molecule has 0 aromatic heterocycles. The Balaban J connectivity index is 2.20. The van der Waals surface area contributed by atoms with Gasteiger partial charge in [-0.3, -0.25) is 4.79 Å². The lowest BCUT2D eigenvalue weighted by molar-refractivity contribution is -0.115. The summed E-state index contributed by atoms with van der Waals surface area (Å²) in [6.07, 6.45) is 11.4. The van der Waals surface area contributed by atoms with E-state index in [9.17, 15) is 4.79 Å². The van der Waals surface area contributed by atoms with E-state index in [4.69, 9.17) is 0 Å². The van der Waals surface area contributed by atoms with E-state index in [0.717, 1.165) is 32.1 Å². The molecule has 0 aliphatic heterocycles. The summed E-state index contributed by atoms with van der Waals surface area (Å²) in [5, 5.41) is 0. The highest BCUT2D eigenvalue weighted by Gasteiger charge is 2.08. The number of hydrogen-bond acceptors (Lipinski definition) is 1. The van der Waals surface area contributed by atoms with E-state index in [1.807, 2.05) is 12.2 Å². The molecule has 0 saturated heterocycles. The molecule has 1 aliphatic rings. The number of carbonyl (C=O) groups is 1. The van der Waals surface area contributed by atoms with Crippen LogP contribution >= 0.6 is 0 Å². The normalized spacial score (nSPS) is 16.9. The molecule has 72 valence electrons. The van der Waals surface area contributed by atoms with Gasteiger partial charge in [0.1, 0.15) is 0 Å². The van der Waals surface area contributed by atoms with Gasteiger partial charge in [0.15, 0.2) is 5.78 Å². The summed E-state index contributed by atoms with van der Waals surface area (Å²) < 4.78 is 0. The van der Waals surface area contributed by atoms with Gasteiger partial charge < -0.3 is 0 Å². The van der Waals surface area contributed by atoms with Gasteiger partial charge in [0.2, 0.25) is 0 Å². The molecule has 1 rings (SSSR count). The van der Waals surface area contributed by atoms with E-state index in [1.165, 1.54) is 18.4 Å². The first-order valence-electron chi connectivity index (χ1n) is 5.16. The molecule has 1 heteroatoms. The second-order valence-electron chi connectivity index (χ2n) is 3.66. The molecule has 0 atom stereocenters. The molecule has 0 spiro atoms. The maximum atomic E-state index is 11.1. The molecule has 1 aliphatic carbocycles. The van der Waals surface area contributed by atoms with Crippen molar-refractivity contribution in [3.05, 3.63) is 24.3 Å². The molecule has 1 nitrogen and oxygen atoms in total. The molecular formula is C12H18O. The number of ketones is 1. The van der Waals surface area contributed by atoms with Gasteiger partial charge in [-0.1, -0.05) is 11.6 Å². The lowest BCUT2D eigenvalue weighted by atomic mass is 9.94. The Labute approximate surface area is 80.5 Å². The minimum atomic E-state index is 0.324. The molecular weight excluding hydrogens is 160 g/mol. The summed E-state index contributed by atoms with van der Waals surface area (Å²) in [6, 6.07) is 0. The van der Waals surface area contributed by atoms with Crippen LogP contribution in [0.1, 0.15) is 44.9 Å². The predicted octanol–water partition coefficient (Wildman–Crippen LogP) is 3.41. The van der Waals surface area contributed by atoms with E-state index in [2.05, 4.69) is 6.58 Å². The molecule has 13 heavy (non-hydrogen) atoms. The average Bonchev–Trinajstić information content (AvgIpc) is 2.13. The SMILES string of the molecule is C=CCCCCC1=CC(=O)CCC1. The van der Waals surface area contributed by atoms with Gasteiger partial charge in [0.05, 0.1) is 0 Å². The molecule has 0 heterocycles. The first-order valence-corrected chi connectivity index (χ1v) is 5.16. The van der Waals surface area contributed by atoms with Crippen LogP contribution in [0.15, 0.2) is 24.3 Å². The van der Waals surface area contributed by atoms with Crippen molar-refractivity contribution in [3.8, 4) is 0 Å². The summed E-state index contributed by atoms with van der Waals surface area (Å²) in [4.78, 5) is 11.1. The number of allylic oxidation sites excluding steroid dienone is 3. The van der Waals surface area contributed by atoms with E-state index in [0.29, 0.717) is 5.78 Å². The van der Waals surface area contributed by atoms with Crippen molar-refractivity contribution < 1.29 is 4.79 Å². The van der Waals surface area contributed by atoms with Gasteiger partial charge in [-0.2, -0.15) is 0 Å². The highest BCUT2D eigenvalue weighted by Crippen LogP contribution is 2.20. The van der Waals surface area contributed by atoms with E-state index < -0.39 is 0 Å². The van der Waals surface area contributed by atoms with Crippen LogP contribution in [0.2, 0.25) is 0 Å². The lowest BCUT2D eigenvalue weighted by Crippen LogP contribution is -2.02. The Morgan fingerprint density at radius 1 is 1.38 bits per heavy atom. The molecule has 0 radical (unpaired) electrons. The Hall–Kier alpha value is -0.850. The Morgan fingerprint density at radius 2 is 2.23 bits per heavy atom. The van der Waals surface area contributed by atoms with Crippen LogP contribution < -0.4 is 0 Å². The second kappa shape index (κ2) is 5.74. The number of unbranched alkanes of at least 4 members (excludes halogenated alkanes) is 2. The highest BCUT2D eigenvalue weighted by molar-refractivity contribution is 5.91. The van der Waals surface area contributed by atoms with Crippen molar-refractivity contribution in [1.82, 2.24) is 0 Å². The molecule has 0 unspecified atom stereocenters. The summed E-state index contributed by atoms with van der Waals surface area (Å²) in [6.45, 7) is 3.69. The smallest absolute Gasteiger partial charge is 0.155 e.